The maximum absolute atomic E-state index is 2.63. The van der Waals surface area contributed by atoms with Gasteiger partial charge in [-0.15, -0.1) is 0 Å². The Morgan fingerprint density at radius 3 is 2.09 bits per heavy atom. The molecule has 0 atom stereocenters. The number of fused-ring (bicyclic) bond motifs is 4. The van der Waals surface area contributed by atoms with Crippen molar-refractivity contribution in [2.45, 2.75) is 86.0 Å². The molecular weight excluding hydrogens is 663 g/mol. The van der Waals surface area contributed by atoms with Gasteiger partial charge in [0.2, 0.25) is 0 Å². The average Bonchev–Trinajstić information content (AvgIpc) is 3.47. The Morgan fingerprint density at radius 1 is 0.564 bits per heavy atom. The van der Waals surface area contributed by atoms with Crippen LogP contribution in [0.4, 0.5) is 28.4 Å². The maximum Gasteiger partial charge on any atom is 0.252 e. The molecule has 3 heteroatoms. The third-order valence-corrected chi connectivity index (χ3v) is 12.3. The molecular formula is C52H53BN2. The second-order valence-corrected chi connectivity index (χ2v) is 18.1. The molecule has 0 N–H and O–H groups in total. The summed E-state index contributed by atoms with van der Waals surface area (Å²) in [5.74, 6) is 0. The van der Waals surface area contributed by atoms with Gasteiger partial charge in [0, 0.05) is 34.1 Å². The highest BCUT2D eigenvalue weighted by Crippen LogP contribution is 2.46. The van der Waals surface area contributed by atoms with E-state index in [1.807, 2.05) is 0 Å². The fourth-order valence-corrected chi connectivity index (χ4v) is 9.28. The van der Waals surface area contributed by atoms with Gasteiger partial charge in [0.25, 0.3) is 6.71 Å². The Kier molecular flexibility index (Phi) is 8.69. The molecule has 274 valence electrons. The van der Waals surface area contributed by atoms with Crippen LogP contribution in [0.1, 0.15) is 90.3 Å². The summed E-state index contributed by atoms with van der Waals surface area (Å²) >= 11 is 0. The normalized spacial score (nSPS) is 16.4. The van der Waals surface area contributed by atoms with E-state index in [1.165, 1.54) is 89.5 Å². The van der Waals surface area contributed by atoms with Crippen LogP contribution in [0.15, 0.2) is 145 Å². The summed E-state index contributed by atoms with van der Waals surface area (Å²) in [5, 5.41) is 0. The lowest BCUT2D eigenvalue weighted by molar-refractivity contribution is 0.479. The standard InChI is InChI=1S/C52H53BN2/c1-35-30-48-50-49(31-35)55(43-21-15-20-38(32-43)36-18-13-10-14-19-36)47-33-39(37-16-11-8-9-12-17-37)22-28-44(47)53(50)45-34-41(52(5,6)7)25-29-46(45)54(48)42-26-23-40(24-27-42)51(2,3)4/h8,10-11,13-15,17-23,25-26,28-34H,9,12,16,24,27H2,1-7H3. The number of hydrogen-bond donors (Lipinski definition) is 0. The first-order chi connectivity index (χ1) is 26.5. The van der Waals surface area contributed by atoms with Gasteiger partial charge in [-0.2, -0.15) is 0 Å². The van der Waals surface area contributed by atoms with Gasteiger partial charge in [0.15, 0.2) is 0 Å². The number of anilines is 5. The van der Waals surface area contributed by atoms with Crippen LogP contribution in [-0.2, 0) is 5.41 Å². The average molecular weight is 717 g/mol. The van der Waals surface area contributed by atoms with E-state index in [0.717, 1.165) is 32.1 Å². The van der Waals surface area contributed by atoms with Gasteiger partial charge in [-0.05, 0) is 142 Å². The molecule has 9 rings (SSSR count). The molecule has 2 aliphatic heterocycles. The molecule has 2 aliphatic carbocycles. The molecule has 0 radical (unpaired) electrons. The highest BCUT2D eigenvalue weighted by atomic mass is 15.2. The van der Waals surface area contributed by atoms with Crippen molar-refractivity contribution in [1.29, 1.82) is 0 Å². The second kappa shape index (κ2) is 13.5. The van der Waals surface area contributed by atoms with Crippen molar-refractivity contribution in [2.75, 3.05) is 9.80 Å². The van der Waals surface area contributed by atoms with Crippen LogP contribution < -0.4 is 26.2 Å². The molecule has 0 bridgehead atoms. The summed E-state index contributed by atoms with van der Waals surface area (Å²) in [4.78, 5) is 5.21. The van der Waals surface area contributed by atoms with E-state index in [1.54, 1.807) is 0 Å². The molecule has 2 heterocycles. The Labute approximate surface area is 329 Å². The van der Waals surface area contributed by atoms with Crippen molar-refractivity contribution in [3.05, 3.63) is 161 Å². The van der Waals surface area contributed by atoms with Gasteiger partial charge in [-0.1, -0.05) is 138 Å². The largest absolute Gasteiger partial charge is 0.315 e. The smallest absolute Gasteiger partial charge is 0.252 e. The van der Waals surface area contributed by atoms with Gasteiger partial charge in [-0.25, -0.2) is 0 Å². The minimum absolute atomic E-state index is 0.0233. The lowest BCUT2D eigenvalue weighted by Crippen LogP contribution is -2.62. The fourth-order valence-electron chi connectivity index (χ4n) is 9.28. The summed E-state index contributed by atoms with van der Waals surface area (Å²) in [6.45, 7) is 16.4. The van der Waals surface area contributed by atoms with Crippen molar-refractivity contribution >= 4 is 57.1 Å². The zero-order valence-electron chi connectivity index (χ0n) is 33.7. The lowest BCUT2D eigenvalue weighted by atomic mass is 9.33. The monoisotopic (exact) mass is 716 g/mol. The quantitative estimate of drug-likeness (QED) is 0.132. The molecule has 55 heavy (non-hydrogen) atoms. The van der Waals surface area contributed by atoms with Gasteiger partial charge in [0.05, 0.1) is 0 Å². The summed E-state index contributed by atoms with van der Waals surface area (Å²) < 4.78 is 0. The summed E-state index contributed by atoms with van der Waals surface area (Å²) in [5.41, 5.74) is 21.5. The number of benzene rings is 5. The Morgan fingerprint density at radius 2 is 1.35 bits per heavy atom. The molecule has 4 aliphatic rings. The molecule has 0 saturated carbocycles. The molecule has 0 amide bonds. The highest BCUT2D eigenvalue weighted by Gasteiger charge is 2.44. The van der Waals surface area contributed by atoms with Crippen molar-refractivity contribution in [2.24, 2.45) is 5.41 Å². The van der Waals surface area contributed by atoms with Crippen LogP contribution in [-0.4, -0.2) is 6.71 Å². The third-order valence-electron chi connectivity index (χ3n) is 12.3. The molecule has 0 aromatic heterocycles. The van der Waals surface area contributed by atoms with E-state index < -0.39 is 0 Å². The predicted octanol–water partition coefficient (Wildman–Crippen LogP) is 12.5. The number of hydrogen-bond acceptors (Lipinski definition) is 2. The van der Waals surface area contributed by atoms with E-state index >= 15 is 0 Å². The molecule has 2 nitrogen and oxygen atoms in total. The fraction of sp³-hybridized carbons (Fsp3) is 0.269. The number of nitrogens with zero attached hydrogens (tertiary/aromatic N) is 2. The van der Waals surface area contributed by atoms with E-state index in [2.05, 4.69) is 192 Å². The van der Waals surface area contributed by atoms with E-state index in [4.69, 9.17) is 0 Å². The molecule has 5 aromatic rings. The first kappa shape index (κ1) is 35.4. The minimum Gasteiger partial charge on any atom is -0.315 e. The topological polar surface area (TPSA) is 6.48 Å². The molecule has 0 fully saturated rings. The Bertz CT molecular complexity index is 2450. The zero-order valence-corrected chi connectivity index (χ0v) is 33.7. The van der Waals surface area contributed by atoms with Crippen molar-refractivity contribution < 1.29 is 0 Å². The number of allylic oxidation sites excluding steroid dienone is 8. The lowest BCUT2D eigenvalue weighted by Gasteiger charge is -2.46. The summed E-state index contributed by atoms with van der Waals surface area (Å²) in [7, 11) is 0. The number of rotatable bonds is 4. The minimum atomic E-state index is 0.0233. The third kappa shape index (κ3) is 6.32. The highest BCUT2D eigenvalue weighted by molar-refractivity contribution is 7.00. The summed E-state index contributed by atoms with van der Waals surface area (Å²) in [6, 6.07) is 39.6. The van der Waals surface area contributed by atoms with Crippen LogP contribution >= 0.6 is 0 Å². The van der Waals surface area contributed by atoms with Gasteiger partial charge < -0.3 is 9.80 Å². The van der Waals surface area contributed by atoms with Gasteiger partial charge >= 0.3 is 0 Å². The SMILES string of the molecule is Cc1cc2c3c(c1)N(c1cccc(-c4ccccc4)c1)c1cc(C4=CCCC=CC4)ccc1B3c1cc(C(C)(C)C)ccc1N2C1=CC=C(C(C)(C)C)CC1. The van der Waals surface area contributed by atoms with Crippen LogP contribution in [0.3, 0.4) is 0 Å². The van der Waals surface area contributed by atoms with E-state index in [-0.39, 0.29) is 17.5 Å². The molecule has 0 saturated heterocycles. The molecule has 5 aromatic carbocycles. The second-order valence-electron chi connectivity index (χ2n) is 18.1. The number of aryl methyl sites for hydroxylation is 1. The Balaban J connectivity index is 1.33. The van der Waals surface area contributed by atoms with Crippen LogP contribution in [0.2, 0.25) is 0 Å². The van der Waals surface area contributed by atoms with Crippen LogP contribution in [0.5, 0.6) is 0 Å². The predicted molar refractivity (Wildman–Crippen MR) is 239 cm³/mol. The van der Waals surface area contributed by atoms with Crippen molar-refractivity contribution in [3.63, 3.8) is 0 Å². The van der Waals surface area contributed by atoms with Crippen molar-refractivity contribution in [3.8, 4) is 11.1 Å². The van der Waals surface area contributed by atoms with Crippen LogP contribution in [0, 0.1) is 12.3 Å². The first-order valence-electron chi connectivity index (χ1n) is 20.4. The van der Waals surface area contributed by atoms with Crippen LogP contribution in [0.25, 0.3) is 16.7 Å². The van der Waals surface area contributed by atoms with E-state index in [0.29, 0.717) is 0 Å². The first-order valence-corrected chi connectivity index (χ1v) is 20.4. The maximum atomic E-state index is 2.63. The van der Waals surface area contributed by atoms with Crippen molar-refractivity contribution in [1.82, 2.24) is 0 Å². The van der Waals surface area contributed by atoms with Gasteiger partial charge in [0.1, 0.15) is 0 Å². The Hall–Kier alpha value is -5.28. The molecule has 0 spiro atoms. The van der Waals surface area contributed by atoms with E-state index in [9.17, 15) is 0 Å². The van der Waals surface area contributed by atoms with Gasteiger partial charge in [-0.3, -0.25) is 0 Å². The zero-order chi connectivity index (χ0) is 38.1. The molecule has 0 unspecified atom stereocenters. The summed E-state index contributed by atoms with van der Waals surface area (Å²) in [6.07, 6.45) is 17.2.